The summed E-state index contributed by atoms with van der Waals surface area (Å²) in [5, 5.41) is 3.65. The molecule has 0 spiro atoms. The lowest BCUT2D eigenvalue weighted by Gasteiger charge is -2.39. The van der Waals surface area contributed by atoms with Crippen LogP contribution in [-0.4, -0.2) is 61.7 Å². The molecule has 1 heterocycles. The lowest BCUT2D eigenvalue weighted by atomic mass is 10.0. The van der Waals surface area contributed by atoms with Crippen molar-refractivity contribution in [3.63, 3.8) is 0 Å². The van der Waals surface area contributed by atoms with Crippen molar-refractivity contribution in [3.8, 4) is 0 Å². The Bertz CT molecular complexity index is 207. The first kappa shape index (κ1) is 12.3. The molecule has 0 aromatic carbocycles. The fourth-order valence-electron chi connectivity index (χ4n) is 2.40. The Labute approximate surface area is 100 Å². The average molecular weight is 225 g/mol. The number of nitrogens with zero attached hydrogens (tertiary/aromatic N) is 2. The number of rotatable bonds is 5. The van der Waals surface area contributed by atoms with E-state index in [1.165, 1.54) is 45.6 Å². The monoisotopic (exact) mass is 225 g/mol. The molecule has 3 nitrogen and oxygen atoms in total. The molecule has 1 aliphatic heterocycles. The van der Waals surface area contributed by atoms with Crippen LogP contribution in [0.15, 0.2) is 0 Å². The molecule has 0 aromatic rings. The fourth-order valence-corrected chi connectivity index (χ4v) is 2.40. The van der Waals surface area contributed by atoms with Gasteiger partial charge in [-0.25, -0.2) is 0 Å². The van der Waals surface area contributed by atoms with E-state index < -0.39 is 0 Å². The van der Waals surface area contributed by atoms with E-state index in [-0.39, 0.29) is 0 Å². The first-order chi connectivity index (χ1) is 7.66. The number of hydrogen-bond donors (Lipinski definition) is 1. The molecule has 1 aliphatic carbocycles. The molecule has 94 valence electrons. The molecule has 1 saturated carbocycles. The molecular formula is C13H27N3. The quantitative estimate of drug-likeness (QED) is 0.753. The van der Waals surface area contributed by atoms with Gasteiger partial charge in [-0.3, -0.25) is 4.90 Å². The van der Waals surface area contributed by atoms with Crippen LogP contribution in [0.3, 0.4) is 0 Å². The maximum absolute atomic E-state index is 3.65. The van der Waals surface area contributed by atoms with Gasteiger partial charge < -0.3 is 10.2 Å². The van der Waals surface area contributed by atoms with Gasteiger partial charge in [-0.05, 0) is 39.3 Å². The molecule has 0 aromatic heterocycles. The van der Waals surface area contributed by atoms with E-state index in [1.54, 1.807) is 0 Å². The van der Waals surface area contributed by atoms with E-state index in [4.69, 9.17) is 0 Å². The van der Waals surface area contributed by atoms with Crippen LogP contribution >= 0.6 is 0 Å². The van der Waals surface area contributed by atoms with E-state index in [2.05, 4.69) is 36.0 Å². The number of nitrogens with one attached hydrogen (secondary N) is 1. The largest absolute Gasteiger partial charge is 0.314 e. The lowest BCUT2D eigenvalue weighted by Crippen LogP contribution is -2.51. The van der Waals surface area contributed by atoms with Gasteiger partial charge in [0.2, 0.25) is 0 Å². The van der Waals surface area contributed by atoms with Crippen LogP contribution < -0.4 is 5.32 Å². The summed E-state index contributed by atoms with van der Waals surface area (Å²) in [5.41, 5.74) is 0. The maximum atomic E-state index is 3.65. The van der Waals surface area contributed by atoms with Crippen LogP contribution in [-0.2, 0) is 0 Å². The van der Waals surface area contributed by atoms with E-state index in [0.29, 0.717) is 0 Å². The third-order valence-electron chi connectivity index (χ3n) is 4.24. The minimum Gasteiger partial charge on any atom is -0.314 e. The Morgan fingerprint density at radius 2 is 1.75 bits per heavy atom. The fraction of sp³-hybridized carbons (Fsp3) is 1.00. The van der Waals surface area contributed by atoms with Crippen molar-refractivity contribution in [2.75, 3.05) is 39.8 Å². The van der Waals surface area contributed by atoms with Gasteiger partial charge in [-0.1, -0.05) is 6.92 Å². The second-order valence-electron chi connectivity index (χ2n) is 5.74. The summed E-state index contributed by atoms with van der Waals surface area (Å²) in [6, 6.07) is 1.57. The Morgan fingerprint density at radius 3 is 2.31 bits per heavy atom. The SMILES string of the molecule is CC(CNC1CC1)C(C)N1CCN(C)CC1. The number of piperazine rings is 1. The lowest BCUT2D eigenvalue weighted by molar-refractivity contribution is 0.0929. The smallest absolute Gasteiger partial charge is 0.0113 e. The molecule has 0 radical (unpaired) electrons. The Hall–Kier alpha value is -0.120. The van der Waals surface area contributed by atoms with Crippen molar-refractivity contribution in [3.05, 3.63) is 0 Å². The van der Waals surface area contributed by atoms with Crippen LogP contribution in [0.2, 0.25) is 0 Å². The van der Waals surface area contributed by atoms with Gasteiger partial charge in [0.05, 0.1) is 0 Å². The van der Waals surface area contributed by atoms with Gasteiger partial charge in [0.15, 0.2) is 0 Å². The predicted octanol–water partition coefficient (Wildman–Crippen LogP) is 1.01. The summed E-state index contributed by atoms with van der Waals surface area (Å²) in [5.74, 6) is 0.768. The molecule has 2 rings (SSSR count). The van der Waals surface area contributed by atoms with Crippen LogP contribution in [0.1, 0.15) is 26.7 Å². The molecule has 0 amide bonds. The molecular weight excluding hydrogens is 198 g/mol. The molecule has 0 bridgehead atoms. The third-order valence-corrected chi connectivity index (χ3v) is 4.24. The van der Waals surface area contributed by atoms with Crippen LogP contribution in [0.4, 0.5) is 0 Å². The van der Waals surface area contributed by atoms with E-state index in [1.807, 2.05) is 0 Å². The summed E-state index contributed by atoms with van der Waals surface area (Å²) < 4.78 is 0. The second-order valence-corrected chi connectivity index (χ2v) is 5.74. The van der Waals surface area contributed by atoms with Gasteiger partial charge in [0.25, 0.3) is 0 Å². The summed E-state index contributed by atoms with van der Waals surface area (Å²) in [6.07, 6.45) is 2.80. The summed E-state index contributed by atoms with van der Waals surface area (Å²) in [6.45, 7) is 10.9. The van der Waals surface area contributed by atoms with E-state index in [9.17, 15) is 0 Å². The Balaban J connectivity index is 1.69. The topological polar surface area (TPSA) is 18.5 Å². The maximum Gasteiger partial charge on any atom is 0.0113 e. The molecule has 3 heteroatoms. The highest BCUT2D eigenvalue weighted by atomic mass is 15.3. The van der Waals surface area contributed by atoms with E-state index in [0.717, 1.165) is 18.0 Å². The normalized spacial score (nSPS) is 27.9. The van der Waals surface area contributed by atoms with Crippen molar-refractivity contribution >= 4 is 0 Å². The highest BCUT2D eigenvalue weighted by Crippen LogP contribution is 2.20. The van der Waals surface area contributed by atoms with Crippen LogP contribution in [0.5, 0.6) is 0 Å². The minimum absolute atomic E-state index is 0.722. The highest BCUT2D eigenvalue weighted by molar-refractivity contribution is 4.84. The molecule has 1 saturated heterocycles. The van der Waals surface area contributed by atoms with Gasteiger partial charge in [0.1, 0.15) is 0 Å². The standard InChI is InChI=1S/C13H27N3/c1-11(10-14-13-4-5-13)12(2)16-8-6-15(3)7-9-16/h11-14H,4-10H2,1-3H3. The minimum atomic E-state index is 0.722. The van der Waals surface area contributed by atoms with Gasteiger partial charge in [-0.15, -0.1) is 0 Å². The van der Waals surface area contributed by atoms with Gasteiger partial charge in [0, 0.05) is 38.3 Å². The Morgan fingerprint density at radius 1 is 1.12 bits per heavy atom. The van der Waals surface area contributed by atoms with Crippen molar-refractivity contribution in [2.24, 2.45) is 5.92 Å². The molecule has 2 atom stereocenters. The molecule has 2 unspecified atom stereocenters. The molecule has 2 fully saturated rings. The van der Waals surface area contributed by atoms with Crippen LogP contribution in [0, 0.1) is 5.92 Å². The number of likely N-dealkylation sites (N-methyl/N-ethyl adjacent to an activating group) is 1. The summed E-state index contributed by atoms with van der Waals surface area (Å²) >= 11 is 0. The molecule has 1 N–H and O–H groups in total. The van der Waals surface area contributed by atoms with Crippen molar-refractivity contribution in [2.45, 2.75) is 38.8 Å². The highest BCUT2D eigenvalue weighted by Gasteiger charge is 2.25. The first-order valence-electron chi connectivity index (χ1n) is 6.83. The molecule has 2 aliphatic rings. The third kappa shape index (κ3) is 3.44. The zero-order valence-corrected chi connectivity index (χ0v) is 11.1. The van der Waals surface area contributed by atoms with Crippen molar-refractivity contribution in [1.29, 1.82) is 0 Å². The summed E-state index contributed by atoms with van der Waals surface area (Å²) in [7, 11) is 2.22. The Kier molecular flexibility index (Phi) is 4.22. The average Bonchev–Trinajstić information content (AvgIpc) is 3.10. The first-order valence-corrected chi connectivity index (χ1v) is 6.83. The van der Waals surface area contributed by atoms with Crippen molar-refractivity contribution in [1.82, 2.24) is 15.1 Å². The summed E-state index contributed by atoms with van der Waals surface area (Å²) in [4.78, 5) is 5.08. The van der Waals surface area contributed by atoms with Gasteiger partial charge >= 0.3 is 0 Å². The second kappa shape index (κ2) is 5.48. The predicted molar refractivity (Wildman–Crippen MR) is 68.7 cm³/mol. The van der Waals surface area contributed by atoms with Crippen LogP contribution in [0.25, 0.3) is 0 Å². The van der Waals surface area contributed by atoms with Gasteiger partial charge in [-0.2, -0.15) is 0 Å². The zero-order chi connectivity index (χ0) is 11.5. The zero-order valence-electron chi connectivity index (χ0n) is 11.1. The molecule has 16 heavy (non-hydrogen) atoms. The van der Waals surface area contributed by atoms with Crippen molar-refractivity contribution < 1.29 is 0 Å². The number of hydrogen-bond acceptors (Lipinski definition) is 3. The van der Waals surface area contributed by atoms with E-state index >= 15 is 0 Å².